The molecule has 2 aromatic carbocycles. The minimum Gasteiger partial charge on any atom is -0.372 e. The summed E-state index contributed by atoms with van der Waals surface area (Å²) >= 11 is 0. The number of halogens is 3. The van der Waals surface area contributed by atoms with E-state index in [1.807, 2.05) is 0 Å². The van der Waals surface area contributed by atoms with Gasteiger partial charge in [-0.25, -0.2) is 0 Å². The molecule has 0 radical (unpaired) electrons. The van der Waals surface area contributed by atoms with Crippen molar-refractivity contribution in [3.63, 3.8) is 0 Å². The summed E-state index contributed by atoms with van der Waals surface area (Å²) in [5, 5.41) is 11.6. The van der Waals surface area contributed by atoms with Gasteiger partial charge in [-0.3, -0.25) is 4.99 Å². The molecule has 0 saturated carbocycles. The molecule has 1 aliphatic rings. The fraction of sp³-hybridized carbons (Fsp3) is 0.188. The molecule has 0 amide bonds. The standard InChI is InChI=1S/C16H12F3NO/c17-16(18,19)15(21,12-8-9-20-10-12)14-7-3-5-11-4-1-2-6-13(11)14/h1-7,9-10,21H,8H2. The van der Waals surface area contributed by atoms with Crippen LogP contribution in [-0.2, 0) is 5.60 Å². The minimum absolute atomic E-state index is 0.0147. The number of benzene rings is 2. The first kappa shape index (κ1) is 13.8. The third-order valence-corrected chi connectivity index (χ3v) is 3.70. The first-order valence-corrected chi connectivity index (χ1v) is 6.43. The lowest BCUT2D eigenvalue weighted by Gasteiger charge is -2.33. The molecule has 2 aromatic rings. The summed E-state index contributed by atoms with van der Waals surface area (Å²) in [6.45, 7) is 0. The summed E-state index contributed by atoms with van der Waals surface area (Å²) in [6.07, 6.45) is -2.39. The molecule has 5 heteroatoms. The second-order valence-electron chi connectivity index (χ2n) is 4.92. The highest BCUT2D eigenvalue weighted by Crippen LogP contribution is 2.48. The van der Waals surface area contributed by atoms with Crippen LogP contribution in [0.5, 0.6) is 0 Å². The number of fused-ring (bicyclic) bond motifs is 1. The van der Waals surface area contributed by atoms with E-state index in [1.165, 1.54) is 18.3 Å². The molecule has 0 fully saturated rings. The van der Waals surface area contributed by atoms with Crippen LogP contribution >= 0.6 is 0 Å². The molecular formula is C16H12F3NO. The Hall–Kier alpha value is -2.14. The molecule has 1 N–H and O–H groups in total. The predicted molar refractivity (Wildman–Crippen MR) is 75.1 cm³/mol. The van der Waals surface area contributed by atoms with Crippen LogP contribution in [0.1, 0.15) is 12.0 Å². The average molecular weight is 291 g/mol. The second kappa shape index (κ2) is 4.70. The van der Waals surface area contributed by atoms with Crippen LogP contribution in [0.2, 0.25) is 0 Å². The maximum absolute atomic E-state index is 13.6. The van der Waals surface area contributed by atoms with E-state index in [1.54, 1.807) is 30.3 Å². The first-order valence-electron chi connectivity index (χ1n) is 6.43. The van der Waals surface area contributed by atoms with Gasteiger partial charge >= 0.3 is 6.18 Å². The lowest BCUT2D eigenvalue weighted by molar-refractivity contribution is -0.249. The molecule has 0 bridgehead atoms. The van der Waals surface area contributed by atoms with Gasteiger partial charge in [0.1, 0.15) is 0 Å². The Bertz CT molecular complexity index is 743. The van der Waals surface area contributed by atoms with Crippen molar-refractivity contribution in [1.29, 1.82) is 0 Å². The van der Waals surface area contributed by atoms with Crippen LogP contribution in [-0.4, -0.2) is 17.5 Å². The summed E-state index contributed by atoms with van der Waals surface area (Å²) < 4.78 is 40.9. The quantitative estimate of drug-likeness (QED) is 0.893. The topological polar surface area (TPSA) is 32.6 Å². The zero-order chi connectivity index (χ0) is 15.1. The Morgan fingerprint density at radius 3 is 2.38 bits per heavy atom. The fourth-order valence-electron chi connectivity index (χ4n) is 2.64. The zero-order valence-electron chi connectivity index (χ0n) is 10.9. The average Bonchev–Trinajstić information content (AvgIpc) is 2.99. The van der Waals surface area contributed by atoms with Crippen LogP contribution in [0, 0.1) is 0 Å². The van der Waals surface area contributed by atoms with Crippen molar-refractivity contribution in [2.45, 2.75) is 18.2 Å². The van der Waals surface area contributed by atoms with Gasteiger partial charge in [0, 0.05) is 24.4 Å². The highest BCUT2D eigenvalue weighted by Gasteiger charge is 2.58. The SMILES string of the molecule is OC(C1=CN=CC1)(c1cccc2ccccc12)C(F)(F)F. The van der Waals surface area contributed by atoms with Crippen LogP contribution in [0.15, 0.2) is 59.2 Å². The number of alkyl halides is 3. The molecule has 0 saturated heterocycles. The number of nitrogens with zero attached hydrogens (tertiary/aromatic N) is 1. The van der Waals surface area contributed by atoms with E-state index in [-0.39, 0.29) is 17.6 Å². The van der Waals surface area contributed by atoms with Gasteiger partial charge in [-0.2, -0.15) is 13.2 Å². The van der Waals surface area contributed by atoms with E-state index in [4.69, 9.17) is 0 Å². The Labute approximate surface area is 119 Å². The van der Waals surface area contributed by atoms with Crippen LogP contribution < -0.4 is 0 Å². The second-order valence-corrected chi connectivity index (χ2v) is 4.92. The molecule has 3 rings (SSSR count). The molecule has 1 unspecified atom stereocenters. The van der Waals surface area contributed by atoms with Crippen molar-refractivity contribution in [3.05, 3.63) is 59.8 Å². The highest BCUT2D eigenvalue weighted by atomic mass is 19.4. The number of aliphatic hydroxyl groups is 1. The van der Waals surface area contributed by atoms with Gasteiger partial charge in [-0.1, -0.05) is 42.5 Å². The van der Waals surface area contributed by atoms with E-state index in [0.717, 1.165) is 6.20 Å². The van der Waals surface area contributed by atoms with Crippen molar-refractivity contribution in [3.8, 4) is 0 Å². The number of hydrogen-bond acceptors (Lipinski definition) is 2. The Morgan fingerprint density at radius 2 is 1.71 bits per heavy atom. The zero-order valence-corrected chi connectivity index (χ0v) is 10.9. The molecule has 0 aliphatic carbocycles. The van der Waals surface area contributed by atoms with Gasteiger partial charge in [0.2, 0.25) is 5.60 Å². The molecule has 0 spiro atoms. The summed E-state index contributed by atoms with van der Waals surface area (Å²) in [7, 11) is 0. The molecule has 0 aromatic heterocycles. The van der Waals surface area contributed by atoms with E-state index >= 15 is 0 Å². The molecule has 1 aliphatic heterocycles. The van der Waals surface area contributed by atoms with Gasteiger partial charge in [0.25, 0.3) is 0 Å². The van der Waals surface area contributed by atoms with E-state index in [9.17, 15) is 18.3 Å². The molecule has 2 nitrogen and oxygen atoms in total. The van der Waals surface area contributed by atoms with Crippen molar-refractivity contribution < 1.29 is 18.3 Å². The normalized spacial score (nSPS) is 17.8. The summed E-state index contributed by atoms with van der Waals surface area (Å²) in [5.41, 5.74) is -3.35. The van der Waals surface area contributed by atoms with E-state index in [0.29, 0.717) is 10.8 Å². The smallest absolute Gasteiger partial charge is 0.372 e. The van der Waals surface area contributed by atoms with Crippen LogP contribution in [0.25, 0.3) is 10.8 Å². The Balaban J connectivity index is 2.30. The van der Waals surface area contributed by atoms with Gasteiger partial charge in [0.15, 0.2) is 0 Å². The highest BCUT2D eigenvalue weighted by molar-refractivity contribution is 5.87. The van der Waals surface area contributed by atoms with Crippen LogP contribution in [0.3, 0.4) is 0 Å². The Kier molecular flexibility index (Phi) is 3.10. The van der Waals surface area contributed by atoms with Gasteiger partial charge in [0.05, 0.1) is 0 Å². The van der Waals surface area contributed by atoms with Gasteiger partial charge < -0.3 is 5.11 Å². The monoisotopic (exact) mass is 291 g/mol. The van der Waals surface area contributed by atoms with Crippen molar-refractivity contribution >= 4 is 17.0 Å². The van der Waals surface area contributed by atoms with E-state index < -0.39 is 11.8 Å². The van der Waals surface area contributed by atoms with Crippen molar-refractivity contribution in [1.82, 2.24) is 0 Å². The third-order valence-electron chi connectivity index (χ3n) is 3.70. The third kappa shape index (κ3) is 2.05. The van der Waals surface area contributed by atoms with Gasteiger partial charge in [-0.15, -0.1) is 0 Å². The molecule has 1 atom stereocenters. The largest absolute Gasteiger partial charge is 0.425 e. The first-order chi connectivity index (χ1) is 9.94. The minimum atomic E-state index is -4.82. The Morgan fingerprint density at radius 1 is 1.00 bits per heavy atom. The maximum Gasteiger partial charge on any atom is 0.425 e. The number of hydrogen-bond donors (Lipinski definition) is 1. The van der Waals surface area contributed by atoms with Crippen molar-refractivity contribution in [2.75, 3.05) is 0 Å². The molecular weight excluding hydrogens is 279 g/mol. The summed E-state index contributed by atoms with van der Waals surface area (Å²) in [6, 6.07) is 11.3. The summed E-state index contributed by atoms with van der Waals surface area (Å²) in [5.74, 6) is 0. The van der Waals surface area contributed by atoms with Crippen LogP contribution in [0.4, 0.5) is 13.2 Å². The maximum atomic E-state index is 13.6. The van der Waals surface area contributed by atoms with E-state index in [2.05, 4.69) is 4.99 Å². The fourth-order valence-corrected chi connectivity index (χ4v) is 2.64. The van der Waals surface area contributed by atoms with Gasteiger partial charge in [-0.05, 0) is 16.3 Å². The molecule has 1 heterocycles. The number of aliphatic imine (C=N–C) groups is 1. The predicted octanol–water partition coefficient (Wildman–Crippen LogP) is 3.95. The lowest BCUT2D eigenvalue weighted by Crippen LogP contribution is -2.44. The summed E-state index contributed by atoms with van der Waals surface area (Å²) in [4.78, 5) is 3.70. The molecule has 21 heavy (non-hydrogen) atoms. The lowest BCUT2D eigenvalue weighted by atomic mass is 9.82. The molecule has 108 valence electrons. The van der Waals surface area contributed by atoms with Crippen molar-refractivity contribution in [2.24, 2.45) is 4.99 Å². The number of rotatable bonds is 2.